The van der Waals surface area contributed by atoms with Gasteiger partial charge in [0, 0.05) is 16.7 Å². The van der Waals surface area contributed by atoms with Crippen molar-refractivity contribution in [1.29, 1.82) is 0 Å². The number of aromatic nitrogens is 4. The summed E-state index contributed by atoms with van der Waals surface area (Å²) in [4.78, 5) is 17.0. The van der Waals surface area contributed by atoms with Crippen molar-refractivity contribution in [2.24, 2.45) is 0 Å². The normalized spacial score (nSPS) is 14.1. The van der Waals surface area contributed by atoms with Crippen LogP contribution < -0.4 is 16.9 Å². The number of nitrogens with two attached hydrogens (primary N) is 2. The molecule has 16 heteroatoms. The zero-order valence-corrected chi connectivity index (χ0v) is 34.0. The van der Waals surface area contributed by atoms with Crippen molar-refractivity contribution in [3.05, 3.63) is 122 Å². The molecule has 0 unspecified atom stereocenters. The number of hydrogen-bond donors (Lipinski definition) is 4. The maximum atomic E-state index is 9.69. The maximum Gasteiger partial charge on any atom is 0.494 e. The van der Waals surface area contributed by atoms with Gasteiger partial charge in [-0.1, -0.05) is 107 Å². The summed E-state index contributed by atoms with van der Waals surface area (Å²) in [6.07, 6.45) is 2.99. The van der Waals surface area contributed by atoms with Gasteiger partial charge in [-0.15, -0.1) is 0 Å². The van der Waals surface area contributed by atoms with E-state index < -0.39 is 18.3 Å². The second-order valence-corrected chi connectivity index (χ2v) is 15.2. The molecule has 1 aliphatic heterocycles. The second kappa shape index (κ2) is 17.1. The van der Waals surface area contributed by atoms with E-state index in [2.05, 4.69) is 35.9 Å². The average Bonchev–Trinajstić information content (AvgIpc) is 3.37. The lowest BCUT2D eigenvalue weighted by molar-refractivity contribution is 0.00578. The van der Waals surface area contributed by atoms with Crippen LogP contribution in [0.5, 0.6) is 11.5 Å². The lowest BCUT2D eigenvalue weighted by Gasteiger charge is -2.32. The van der Waals surface area contributed by atoms with E-state index in [9.17, 15) is 10.2 Å². The van der Waals surface area contributed by atoms with E-state index in [1.165, 1.54) is 12.4 Å². The van der Waals surface area contributed by atoms with Crippen LogP contribution >= 0.6 is 62.3 Å². The van der Waals surface area contributed by atoms with Gasteiger partial charge in [0.25, 0.3) is 0 Å². The fraction of sp³-hybridized carbons (Fsp3) is 0.158. The molecule has 3 heterocycles. The highest BCUT2D eigenvalue weighted by Crippen LogP contribution is 2.39. The van der Waals surface area contributed by atoms with Crippen molar-refractivity contribution in [2.75, 3.05) is 11.5 Å². The molecule has 278 valence electrons. The Balaban J connectivity index is 0.000000160. The fourth-order valence-corrected chi connectivity index (χ4v) is 6.39. The Morgan fingerprint density at radius 3 is 1.48 bits per heavy atom. The van der Waals surface area contributed by atoms with Crippen LogP contribution in [0.3, 0.4) is 0 Å². The molecular formula is C38H34BBrCl4N6O4. The highest BCUT2D eigenvalue weighted by Gasteiger charge is 2.51. The minimum absolute atomic E-state index is 0.126. The molecule has 1 aliphatic rings. The summed E-state index contributed by atoms with van der Waals surface area (Å²) >= 11 is 27.1. The molecule has 0 spiro atoms. The second-order valence-electron chi connectivity index (χ2n) is 12.9. The van der Waals surface area contributed by atoms with Gasteiger partial charge in [0.15, 0.2) is 11.5 Å². The third-order valence-electron chi connectivity index (χ3n) is 8.49. The molecule has 0 radical (unpaired) electrons. The van der Waals surface area contributed by atoms with Crippen LogP contribution in [0.1, 0.15) is 27.7 Å². The summed E-state index contributed by atoms with van der Waals surface area (Å²) in [5, 5.41) is 19.9. The summed E-state index contributed by atoms with van der Waals surface area (Å²) in [6.45, 7) is 7.88. The third kappa shape index (κ3) is 9.56. The molecule has 10 nitrogen and oxygen atoms in total. The van der Waals surface area contributed by atoms with Gasteiger partial charge in [-0.25, -0.2) is 15.0 Å². The first kappa shape index (κ1) is 41.0. The van der Waals surface area contributed by atoms with Crippen molar-refractivity contribution < 1.29 is 19.5 Å². The summed E-state index contributed by atoms with van der Waals surface area (Å²) in [7, 11) is -0.536. The number of phenolic OH excluding ortho intramolecular Hbond substituents is 2. The molecule has 2 aromatic heterocycles. The van der Waals surface area contributed by atoms with Crippen molar-refractivity contribution in [3.63, 3.8) is 0 Å². The SMILES string of the molecule is CC1(C)OB(c2cc(Cl)c(O)c(Cl)c2)OC1(C)C.Nc1cnc(-c2cc(Cl)c(O)c(Cl)c2)c(-c2ccccc2)n1.Nc1cnc(Br)c(-c2ccccc2)n1. The average molecular weight is 871 g/mol. The number of halogens is 5. The third-order valence-corrected chi connectivity index (χ3v) is 10.2. The molecule has 1 saturated heterocycles. The number of phenols is 2. The Morgan fingerprint density at radius 2 is 1.00 bits per heavy atom. The first-order chi connectivity index (χ1) is 25.5. The van der Waals surface area contributed by atoms with Gasteiger partial charge >= 0.3 is 7.12 Å². The fourth-order valence-electron chi connectivity index (χ4n) is 4.98. The molecule has 54 heavy (non-hydrogen) atoms. The number of anilines is 2. The largest absolute Gasteiger partial charge is 0.505 e. The van der Waals surface area contributed by atoms with Gasteiger partial charge in [-0.05, 0) is 73.4 Å². The molecule has 6 aromatic rings. The number of nitrogen functional groups attached to an aromatic ring is 2. The molecule has 4 aromatic carbocycles. The van der Waals surface area contributed by atoms with Crippen LogP contribution in [0.25, 0.3) is 33.8 Å². The van der Waals surface area contributed by atoms with Gasteiger partial charge in [0.05, 0.1) is 55.1 Å². The van der Waals surface area contributed by atoms with Crippen molar-refractivity contribution in [1.82, 2.24) is 19.9 Å². The molecule has 1 fully saturated rings. The van der Waals surface area contributed by atoms with Crippen LogP contribution in [0.4, 0.5) is 11.6 Å². The van der Waals surface area contributed by atoms with E-state index in [4.69, 9.17) is 67.2 Å². The van der Waals surface area contributed by atoms with Gasteiger partial charge in [0.1, 0.15) is 21.9 Å². The Morgan fingerprint density at radius 1 is 0.593 bits per heavy atom. The molecule has 0 amide bonds. The Kier molecular flexibility index (Phi) is 13.0. The number of hydrogen-bond acceptors (Lipinski definition) is 10. The highest BCUT2D eigenvalue weighted by atomic mass is 79.9. The molecule has 0 bridgehead atoms. The van der Waals surface area contributed by atoms with E-state index in [1.807, 2.05) is 88.4 Å². The minimum Gasteiger partial charge on any atom is -0.505 e. The van der Waals surface area contributed by atoms with Crippen molar-refractivity contribution >= 4 is 86.6 Å². The molecule has 6 N–H and O–H groups in total. The van der Waals surface area contributed by atoms with Crippen LogP contribution in [-0.4, -0.2) is 48.5 Å². The zero-order chi connectivity index (χ0) is 39.4. The molecule has 0 atom stereocenters. The van der Waals surface area contributed by atoms with Crippen LogP contribution in [0.2, 0.25) is 20.1 Å². The quantitative estimate of drug-likeness (QED) is 0.126. The van der Waals surface area contributed by atoms with Gasteiger partial charge in [-0.2, -0.15) is 0 Å². The topological polar surface area (TPSA) is 163 Å². The summed E-state index contributed by atoms with van der Waals surface area (Å²) in [6, 6.07) is 25.7. The van der Waals surface area contributed by atoms with Gasteiger partial charge in [0.2, 0.25) is 0 Å². The highest BCUT2D eigenvalue weighted by molar-refractivity contribution is 9.10. The summed E-state index contributed by atoms with van der Waals surface area (Å²) in [5.74, 6) is 0.459. The summed E-state index contributed by atoms with van der Waals surface area (Å²) < 4.78 is 12.5. The molecule has 0 aliphatic carbocycles. The predicted molar refractivity (Wildman–Crippen MR) is 222 cm³/mol. The van der Waals surface area contributed by atoms with E-state index in [-0.39, 0.29) is 31.6 Å². The monoisotopic (exact) mass is 868 g/mol. The van der Waals surface area contributed by atoms with Crippen LogP contribution in [-0.2, 0) is 9.31 Å². The standard InChI is InChI=1S/C16H11Cl2N3O.C12H15BCl2O3.C10H8BrN3/c17-11-6-10(7-12(18)16(11)22)14-15(21-13(19)8-20-14)9-4-2-1-3-5-9;1-11(2)12(3,4)18-13(17-11)7-5-8(14)10(16)9(15)6-7;11-10-9(14-8(12)6-13-10)7-4-2-1-3-5-7/h1-8,22H,(H2,19,21);5-6,16H,1-4H3;1-6H,(H2,12,14). The van der Waals surface area contributed by atoms with E-state index in [1.54, 1.807) is 24.3 Å². The minimum atomic E-state index is -0.536. The van der Waals surface area contributed by atoms with E-state index in [0.29, 0.717) is 38.7 Å². The van der Waals surface area contributed by atoms with E-state index >= 15 is 0 Å². The molecule has 0 saturated carbocycles. The molecule has 7 rings (SSSR count). The van der Waals surface area contributed by atoms with Crippen LogP contribution in [0, 0.1) is 0 Å². The Hall–Kier alpha value is -4.14. The lowest BCUT2D eigenvalue weighted by Crippen LogP contribution is -2.41. The number of benzene rings is 4. The van der Waals surface area contributed by atoms with Crippen LogP contribution in [0.15, 0.2) is 102 Å². The molecular weight excluding hydrogens is 837 g/mol. The van der Waals surface area contributed by atoms with Crippen molar-refractivity contribution in [2.45, 2.75) is 38.9 Å². The lowest BCUT2D eigenvalue weighted by atomic mass is 9.79. The first-order valence-electron chi connectivity index (χ1n) is 16.2. The van der Waals surface area contributed by atoms with Gasteiger partial charge in [-0.3, -0.25) is 4.98 Å². The van der Waals surface area contributed by atoms with Crippen molar-refractivity contribution in [3.8, 4) is 45.3 Å². The predicted octanol–water partition coefficient (Wildman–Crippen LogP) is 9.89. The number of rotatable bonds is 4. The number of nitrogens with zero attached hydrogens (tertiary/aromatic N) is 4. The Labute approximate surface area is 341 Å². The number of aromatic hydroxyl groups is 2. The first-order valence-corrected chi connectivity index (χ1v) is 18.5. The van der Waals surface area contributed by atoms with E-state index in [0.717, 1.165) is 16.8 Å². The Bertz CT molecular complexity index is 2210. The smallest absolute Gasteiger partial charge is 0.494 e. The maximum absolute atomic E-state index is 9.69. The van der Waals surface area contributed by atoms with Gasteiger partial charge < -0.3 is 31.0 Å². The zero-order valence-electron chi connectivity index (χ0n) is 29.4. The summed E-state index contributed by atoms with van der Waals surface area (Å²) in [5.41, 5.74) is 15.7.